The highest BCUT2D eigenvalue weighted by molar-refractivity contribution is 5.80. The molecule has 0 spiro atoms. The van der Waals surface area contributed by atoms with Gasteiger partial charge in [0.1, 0.15) is 0 Å². The predicted molar refractivity (Wildman–Crippen MR) is 134 cm³/mol. The largest absolute Gasteiger partial charge is 0.329 e. The van der Waals surface area contributed by atoms with Crippen LogP contribution >= 0.6 is 0 Å². The summed E-state index contributed by atoms with van der Waals surface area (Å²) in [4.78, 5) is 13.4. The third-order valence-electron chi connectivity index (χ3n) is 6.65. The van der Waals surface area contributed by atoms with E-state index in [1.807, 2.05) is 27.3 Å². The van der Waals surface area contributed by atoms with Gasteiger partial charge in [0.15, 0.2) is 0 Å². The Morgan fingerprint density at radius 1 is 1.03 bits per heavy atom. The summed E-state index contributed by atoms with van der Waals surface area (Å²) in [6.45, 7) is 2.66. The zero-order valence-corrected chi connectivity index (χ0v) is 19.5. The van der Waals surface area contributed by atoms with E-state index in [0.717, 1.165) is 47.2 Å². The van der Waals surface area contributed by atoms with E-state index >= 15 is 0 Å². The van der Waals surface area contributed by atoms with Gasteiger partial charge < -0.3 is 0 Å². The highest BCUT2D eigenvalue weighted by atomic mass is 16.1. The second kappa shape index (κ2) is 10.0. The summed E-state index contributed by atoms with van der Waals surface area (Å²) in [6.07, 6.45) is 13.1. The highest BCUT2D eigenvalue weighted by Gasteiger charge is 2.20. The second-order valence-corrected chi connectivity index (χ2v) is 8.91. The van der Waals surface area contributed by atoms with Crippen LogP contribution in [0.3, 0.4) is 0 Å². The van der Waals surface area contributed by atoms with Crippen LogP contribution in [0, 0.1) is 0 Å². The topological polar surface area (TPSA) is 81.4 Å². The monoisotopic (exact) mass is 454 g/mol. The summed E-state index contributed by atoms with van der Waals surface area (Å²) < 4.78 is 3.88. The summed E-state index contributed by atoms with van der Waals surface area (Å²) in [6, 6.07) is 16.7. The number of aromatic amines is 1. The molecule has 0 atom stereocenters. The van der Waals surface area contributed by atoms with Gasteiger partial charge in [-0.3, -0.25) is 9.13 Å². The first-order chi connectivity index (χ1) is 16.7. The maximum Gasteiger partial charge on any atom is 0.329 e. The molecule has 1 aliphatic rings. The van der Waals surface area contributed by atoms with Crippen LogP contribution in [-0.4, -0.2) is 29.8 Å². The van der Waals surface area contributed by atoms with E-state index < -0.39 is 0 Å². The van der Waals surface area contributed by atoms with Crippen molar-refractivity contribution in [1.82, 2.24) is 29.8 Å². The Morgan fingerprint density at radius 2 is 1.79 bits per heavy atom. The third kappa shape index (κ3) is 4.51. The number of aromatic nitrogens is 6. The fourth-order valence-electron chi connectivity index (χ4n) is 4.85. The van der Waals surface area contributed by atoms with E-state index in [-0.39, 0.29) is 5.69 Å². The number of nitrogens with one attached hydrogen (secondary N) is 1. The summed E-state index contributed by atoms with van der Waals surface area (Å²) in [5.74, 6) is 0.572. The zero-order chi connectivity index (χ0) is 23.3. The number of hydrogen-bond donors (Lipinski definition) is 1. The third-order valence-corrected chi connectivity index (χ3v) is 6.65. The Balaban J connectivity index is 1.44. The fraction of sp³-hybridized carbons (Fsp3) is 0.333. The number of H-pyrrole nitrogens is 1. The maximum absolute atomic E-state index is 13.4. The van der Waals surface area contributed by atoms with Gasteiger partial charge in [-0.1, -0.05) is 80.8 Å². The molecule has 1 aliphatic carbocycles. The minimum absolute atomic E-state index is 0.0918. The molecule has 0 saturated heterocycles. The molecule has 0 radical (unpaired) electrons. The van der Waals surface area contributed by atoms with Gasteiger partial charge in [0.25, 0.3) is 0 Å². The predicted octanol–water partition coefficient (Wildman–Crippen LogP) is 5.47. The molecule has 7 heteroatoms. The van der Waals surface area contributed by atoms with Crippen molar-refractivity contribution in [1.29, 1.82) is 0 Å². The molecule has 0 bridgehead atoms. The Labute approximate surface area is 199 Å². The molecule has 2 aromatic heterocycles. The molecule has 2 aromatic carbocycles. The summed E-state index contributed by atoms with van der Waals surface area (Å²) >= 11 is 0. The van der Waals surface area contributed by atoms with Crippen molar-refractivity contribution in [3.8, 4) is 22.5 Å². The molecule has 4 aromatic rings. The fourth-order valence-corrected chi connectivity index (χ4v) is 4.85. The van der Waals surface area contributed by atoms with Gasteiger partial charge in [-0.05, 0) is 47.2 Å². The summed E-state index contributed by atoms with van der Waals surface area (Å²) in [7, 11) is 0. The lowest BCUT2D eigenvalue weighted by Gasteiger charge is -2.22. The van der Waals surface area contributed by atoms with Crippen molar-refractivity contribution in [2.75, 3.05) is 0 Å². The SMILES string of the molecule is CC/C=C/c1cn(C2CCCCC2)c(=O)n1Cc1ccc(-c2ccccc2-c2nn[nH]n2)cc1. The van der Waals surface area contributed by atoms with E-state index in [4.69, 9.17) is 0 Å². The van der Waals surface area contributed by atoms with Crippen molar-refractivity contribution in [3.63, 3.8) is 0 Å². The molecule has 174 valence electrons. The van der Waals surface area contributed by atoms with E-state index in [0.29, 0.717) is 18.4 Å². The number of rotatable bonds is 7. The van der Waals surface area contributed by atoms with Crippen LogP contribution in [0.5, 0.6) is 0 Å². The summed E-state index contributed by atoms with van der Waals surface area (Å²) in [5.41, 5.74) is 5.20. The normalized spacial score (nSPS) is 14.7. The lowest BCUT2D eigenvalue weighted by Crippen LogP contribution is -2.29. The molecule has 2 heterocycles. The number of benzene rings is 2. The van der Waals surface area contributed by atoms with E-state index in [9.17, 15) is 4.79 Å². The second-order valence-electron chi connectivity index (χ2n) is 8.91. The van der Waals surface area contributed by atoms with Crippen LogP contribution < -0.4 is 5.69 Å². The van der Waals surface area contributed by atoms with Crippen LogP contribution in [0.15, 0.2) is 65.6 Å². The van der Waals surface area contributed by atoms with E-state index in [1.54, 1.807) is 0 Å². The average Bonchev–Trinajstić information content (AvgIpc) is 3.53. The number of tetrazole rings is 1. The molecular formula is C27H30N6O. The smallest absolute Gasteiger partial charge is 0.296 e. The molecule has 0 amide bonds. The number of allylic oxidation sites excluding steroid dienone is 1. The Bertz CT molecular complexity index is 1310. The van der Waals surface area contributed by atoms with Crippen LogP contribution in [0.25, 0.3) is 28.6 Å². The molecule has 1 N–H and O–H groups in total. The van der Waals surface area contributed by atoms with Crippen LogP contribution in [0.4, 0.5) is 0 Å². The van der Waals surface area contributed by atoms with Crippen molar-refractivity contribution in [2.24, 2.45) is 0 Å². The van der Waals surface area contributed by atoms with E-state index in [2.05, 4.69) is 76.2 Å². The molecule has 1 saturated carbocycles. The van der Waals surface area contributed by atoms with Gasteiger partial charge in [0.05, 0.1) is 12.2 Å². The molecule has 7 nitrogen and oxygen atoms in total. The Morgan fingerprint density at radius 3 is 2.50 bits per heavy atom. The van der Waals surface area contributed by atoms with Crippen molar-refractivity contribution in [2.45, 2.75) is 58.0 Å². The van der Waals surface area contributed by atoms with Crippen molar-refractivity contribution in [3.05, 3.63) is 82.5 Å². The van der Waals surface area contributed by atoms with Gasteiger partial charge in [0.2, 0.25) is 5.82 Å². The molecule has 0 unspecified atom stereocenters. The number of imidazole rings is 1. The summed E-state index contributed by atoms with van der Waals surface area (Å²) in [5, 5.41) is 14.5. The molecule has 5 rings (SSSR count). The van der Waals surface area contributed by atoms with E-state index in [1.165, 1.54) is 19.3 Å². The minimum Gasteiger partial charge on any atom is -0.296 e. The lowest BCUT2D eigenvalue weighted by molar-refractivity contribution is 0.344. The first-order valence-corrected chi connectivity index (χ1v) is 12.1. The Kier molecular flexibility index (Phi) is 6.51. The van der Waals surface area contributed by atoms with Crippen LogP contribution in [-0.2, 0) is 6.54 Å². The van der Waals surface area contributed by atoms with Crippen LogP contribution in [0.2, 0.25) is 0 Å². The molecule has 0 aliphatic heterocycles. The van der Waals surface area contributed by atoms with Crippen molar-refractivity contribution >= 4 is 6.08 Å². The van der Waals surface area contributed by atoms with Gasteiger partial charge in [-0.2, -0.15) is 5.21 Å². The quantitative estimate of drug-likeness (QED) is 0.401. The van der Waals surface area contributed by atoms with Crippen molar-refractivity contribution < 1.29 is 0 Å². The maximum atomic E-state index is 13.4. The molecule has 34 heavy (non-hydrogen) atoms. The zero-order valence-electron chi connectivity index (χ0n) is 19.5. The number of nitrogens with zero attached hydrogens (tertiary/aromatic N) is 5. The van der Waals surface area contributed by atoms with Crippen LogP contribution in [0.1, 0.15) is 62.7 Å². The first-order valence-electron chi connectivity index (χ1n) is 12.1. The minimum atomic E-state index is 0.0918. The van der Waals surface area contributed by atoms with Gasteiger partial charge in [-0.15, -0.1) is 10.2 Å². The Hall–Kier alpha value is -3.74. The average molecular weight is 455 g/mol. The van der Waals surface area contributed by atoms with Gasteiger partial charge in [-0.25, -0.2) is 4.79 Å². The molecule has 1 fully saturated rings. The highest BCUT2D eigenvalue weighted by Crippen LogP contribution is 2.30. The lowest BCUT2D eigenvalue weighted by atomic mass is 9.95. The molecular weight excluding hydrogens is 424 g/mol. The first kappa shape index (κ1) is 22.1. The standard InChI is InChI=1S/C27H30N6O/c1-2-3-9-23-19-33(22-10-5-4-6-11-22)27(34)32(23)18-20-14-16-21(17-15-20)24-12-7-8-13-25(24)26-28-30-31-29-26/h3,7-9,12-17,19,22H,2,4-6,10-11,18H2,1H3,(H,28,29,30,31)/b9-3+. The van der Waals surface area contributed by atoms with Gasteiger partial charge >= 0.3 is 5.69 Å². The van der Waals surface area contributed by atoms with Gasteiger partial charge in [0, 0.05) is 17.8 Å². The number of hydrogen-bond acceptors (Lipinski definition) is 4.